The Morgan fingerprint density at radius 2 is 2.05 bits per heavy atom. The van der Waals surface area contributed by atoms with Crippen LogP contribution in [0.5, 0.6) is 0 Å². The van der Waals surface area contributed by atoms with Crippen LogP contribution in [0, 0.1) is 5.92 Å². The summed E-state index contributed by atoms with van der Waals surface area (Å²) in [7, 11) is 0. The summed E-state index contributed by atoms with van der Waals surface area (Å²) in [6, 6.07) is 0.327. The van der Waals surface area contributed by atoms with Crippen molar-refractivity contribution in [2.45, 2.75) is 52.0 Å². The maximum atomic E-state index is 11.8. The molecule has 0 aromatic heterocycles. The van der Waals surface area contributed by atoms with E-state index in [0.29, 0.717) is 11.2 Å². The molecule has 1 aliphatic heterocycles. The summed E-state index contributed by atoms with van der Waals surface area (Å²) in [6.07, 6.45) is 5.26. The summed E-state index contributed by atoms with van der Waals surface area (Å²) >= 11 is 1.24. The number of amides is 2. The van der Waals surface area contributed by atoms with E-state index in [1.54, 1.807) is 0 Å². The Labute approximate surface area is 123 Å². The number of nitrogens with one attached hydrogen (secondary N) is 1. The number of rotatable bonds is 4. The van der Waals surface area contributed by atoms with E-state index < -0.39 is 0 Å². The zero-order valence-corrected chi connectivity index (χ0v) is 12.8. The van der Waals surface area contributed by atoms with Gasteiger partial charge in [0.25, 0.3) is 5.91 Å². The van der Waals surface area contributed by atoms with Crippen molar-refractivity contribution in [3.05, 3.63) is 0 Å². The first-order valence-corrected chi connectivity index (χ1v) is 8.18. The predicted octanol–water partition coefficient (Wildman–Crippen LogP) is 2.16. The largest absolute Gasteiger partial charge is 0.353 e. The lowest BCUT2D eigenvalue weighted by molar-refractivity contribution is -0.120. The molecular weight excluding hydrogens is 274 g/mol. The third-order valence-corrected chi connectivity index (χ3v) is 4.59. The predicted molar refractivity (Wildman–Crippen MR) is 82.2 cm³/mol. The van der Waals surface area contributed by atoms with Gasteiger partial charge in [-0.2, -0.15) is 4.99 Å². The number of hydrogen-bond donors (Lipinski definition) is 1. The monoisotopic (exact) mass is 295 g/mol. The molecule has 1 N–H and O–H groups in total. The van der Waals surface area contributed by atoms with Gasteiger partial charge in [0.1, 0.15) is 0 Å². The summed E-state index contributed by atoms with van der Waals surface area (Å²) in [6.45, 7) is 3.80. The second kappa shape index (κ2) is 7.02. The Morgan fingerprint density at radius 3 is 2.65 bits per heavy atom. The Hall–Kier alpha value is -1.17. The van der Waals surface area contributed by atoms with Crippen LogP contribution in [0.3, 0.4) is 0 Å². The van der Waals surface area contributed by atoms with E-state index in [2.05, 4.69) is 15.3 Å². The molecule has 0 aromatic rings. The lowest BCUT2D eigenvalue weighted by atomic mass is 10.0. The molecule has 0 saturated heterocycles. The lowest BCUT2D eigenvalue weighted by Gasteiger charge is -2.16. The van der Waals surface area contributed by atoms with Gasteiger partial charge in [0.15, 0.2) is 5.17 Å². The van der Waals surface area contributed by atoms with Crippen molar-refractivity contribution in [2.24, 2.45) is 15.9 Å². The van der Waals surface area contributed by atoms with Crippen LogP contribution >= 0.6 is 11.8 Å². The topological polar surface area (TPSA) is 70.9 Å². The van der Waals surface area contributed by atoms with Crippen molar-refractivity contribution in [3.63, 3.8) is 0 Å². The van der Waals surface area contributed by atoms with Gasteiger partial charge in [-0.25, -0.2) is 4.99 Å². The standard InChI is InChI=1S/C14H21N3O2S/c1-3-11-9(2)15-14(17-13(11)19)20-8-12(18)16-10-6-4-5-7-10/h10-11H,3-8H2,1-2H3,(H,16,18). The van der Waals surface area contributed by atoms with E-state index in [-0.39, 0.29) is 23.5 Å². The molecule has 0 bridgehead atoms. The van der Waals surface area contributed by atoms with Crippen molar-refractivity contribution >= 4 is 34.5 Å². The summed E-state index contributed by atoms with van der Waals surface area (Å²) < 4.78 is 0. The minimum atomic E-state index is -0.188. The number of amidine groups is 1. The van der Waals surface area contributed by atoms with E-state index in [0.717, 1.165) is 25.0 Å². The maximum Gasteiger partial charge on any atom is 0.256 e. The second-order valence-electron chi connectivity index (χ2n) is 5.28. The van der Waals surface area contributed by atoms with Gasteiger partial charge in [-0.05, 0) is 26.2 Å². The fourth-order valence-electron chi connectivity index (χ4n) is 2.61. The summed E-state index contributed by atoms with van der Waals surface area (Å²) in [5, 5.41) is 3.43. The molecule has 20 heavy (non-hydrogen) atoms. The maximum absolute atomic E-state index is 11.8. The van der Waals surface area contributed by atoms with E-state index in [9.17, 15) is 9.59 Å². The molecule has 6 heteroatoms. The molecule has 2 amide bonds. The molecule has 1 heterocycles. The third kappa shape index (κ3) is 3.91. The molecule has 2 rings (SSSR count). The zero-order chi connectivity index (χ0) is 14.5. The first kappa shape index (κ1) is 15.2. The summed E-state index contributed by atoms with van der Waals surface area (Å²) in [5.74, 6) is -0.0520. The summed E-state index contributed by atoms with van der Waals surface area (Å²) in [4.78, 5) is 31.9. The molecule has 0 spiro atoms. The molecule has 2 aliphatic rings. The van der Waals surface area contributed by atoms with E-state index in [4.69, 9.17) is 0 Å². The molecule has 0 radical (unpaired) electrons. The van der Waals surface area contributed by atoms with Gasteiger partial charge in [-0.3, -0.25) is 9.59 Å². The molecule has 110 valence electrons. The van der Waals surface area contributed by atoms with Crippen LogP contribution < -0.4 is 5.32 Å². The van der Waals surface area contributed by atoms with Gasteiger partial charge in [0, 0.05) is 11.8 Å². The molecule has 1 aliphatic carbocycles. The Bertz CT molecular complexity index is 453. The van der Waals surface area contributed by atoms with Crippen LogP contribution in [-0.2, 0) is 9.59 Å². The first-order chi connectivity index (χ1) is 9.60. The number of carbonyl (C=O) groups is 2. The van der Waals surface area contributed by atoms with E-state index in [1.807, 2.05) is 13.8 Å². The number of hydrogen-bond acceptors (Lipinski definition) is 4. The van der Waals surface area contributed by atoms with Crippen molar-refractivity contribution in [1.82, 2.24) is 5.32 Å². The van der Waals surface area contributed by atoms with Crippen molar-refractivity contribution in [2.75, 3.05) is 5.75 Å². The van der Waals surface area contributed by atoms with Gasteiger partial charge in [-0.1, -0.05) is 31.5 Å². The van der Waals surface area contributed by atoms with Crippen molar-refractivity contribution in [3.8, 4) is 0 Å². The average molecular weight is 295 g/mol. The average Bonchev–Trinajstić information content (AvgIpc) is 2.89. The Morgan fingerprint density at radius 1 is 1.35 bits per heavy atom. The quantitative estimate of drug-likeness (QED) is 0.864. The smallest absolute Gasteiger partial charge is 0.256 e. The van der Waals surface area contributed by atoms with Gasteiger partial charge in [0.05, 0.1) is 11.7 Å². The molecule has 0 aromatic carbocycles. The minimum absolute atomic E-state index is 0.00233. The second-order valence-corrected chi connectivity index (χ2v) is 6.23. The number of carbonyl (C=O) groups excluding carboxylic acids is 2. The fraction of sp³-hybridized carbons (Fsp3) is 0.714. The zero-order valence-electron chi connectivity index (χ0n) is 12.0. The number of aliphatic imine (C=N–C) groups is 2. The minimum Gasteiger partial charge on any atom is -0.353 e. The number of thioether (sulfide) groups is 1. The first-order valence-electron chi connectivity index (χ1n) is 7.20. The molecule has 5 nitrogen and oxygen atoms in total. The van der Waals surface area contributed by atoms with Crippen LogP contribution in [0.4, 0.5) is 0 Å². The number of nitrogens with zero attached hydrogens (tertiary/aromatic N) is 2. The van der Waals surface area contributed by atoms with Crippen LogP contribution in [-0.4, -0.2) is 34.5 Å². The lowest BCUT2D eigenvalue weighted by Crippen LogP contribution is -2.34. The highest BCUT2D eigenvalue weighted by molar-refractivity contribution is 8.14. The third-order valence-electron chi connectivity index (χ3n) is 3.74. The molecule has 1 unspecified atom stereocenters. The van der Waals surface area contributed by atoms with Gasteiger partial charge in [0.2, 0.25) is 5.91 Å². The van der Waals surface area contributed by atoms with E-state index >= 15 is 0 Å². The highest BCUT2D eigenvalue weighted by Crippen LogP contribution is 2.20. The highest BCUT2D eigenvalue weighted by Gasteiger charge is 2.25. The SMILES string of the molecule is CCC1C(=O)N=C(SCC(=O)NC2CCCC2)N=C1C. The van der Waals surface area contributed by atoms with Crippen LogP contribution in [0.15, 0.2) is 9.98 Å². The fourth-order valence-corrected chi connectivity index (χ4v) is 3.32. The van der Waals surface area contributed by atoms with E-state index in [1.165, 1.54) is 24.6 Å². The molecule has 1 saturated carbocycles. The van der Waals surface area contributed by atoms with Crippen molar-refractivity contribution in [1.29, 1.82) is 0 Å². The van der Waals surface area contributed by atoms with Crippen molar-refractivity contribution < 1.29 is 9.59 Å². The van der Waals surface area contributed by atoms with Gasteiger partial charge < -0.3 is 5.32 Å². The highest BCUT2D eigenvalue weighted by atomic mass is 32.2. The van der Waals surface area contributed by atoms with Crippen LogP contribution in [0.25, 0.3) is 0 Å². The summed E-state index contributed by atoms with van der Waals surface area (Å²) in [5.41, 5.74) is 0.797. The Kier molecular flexibility index (Phi) is 5.34. The molecule has 1 fully saturated rings. The van der Waals surface area contributed by atoms with Crippen LogP contribution in [0.1, 0.15) is 46.0 Å². The van der Waals surface area contributed by atoms with Gasteiger partial charge in [-0.15, -0.1) is 0 Å². The normalized spacial score (nSPS) is 23.5. The Balaban J connectivity index is 1.82. The van der Waals surface area contributed by atoms with Gasteiger partial charge >= 0.3 is 0 Å². The van der Waals surface area contributed by atoms with Crippen LogP contribution in [0.2, 0.25) is 0 Å². The molecule has 1 atom stereocenters. The molecular formula is C14H21N3O2S.